The second-order valence-corrected chi connectivity index (χ2v) is 10.8. The van der Waals surface area contributed by atoms with Crippen molar-refractivity contribution >= 4 is 33.0 Å². The summed E-state index contributed by atoms with van der Waals surface area (Å²) in [5.74, 6) is 0.327. The Kier molecular flexibility index (Phi) is 6.02. The van der Waals surface area contributed by atoms with Crippen molar-refractivity contribution in [2.24, 2.45) is 0 Å². The molecule has 1 aromatic heterocycles. The van der Waals surface area contributed by atoms with Gasteiger partial charge in [0.2, 0.25) is 0 Å². The van der Waals surface area contributed by atoms with Gasteiger partial charge in [-0.05, 0) is 54.1 Å². The number of ether oxygens (including phenoxy) is 1. The zero-order valence-electron chi connectivity index (χ0n) is 17.2. The molecular weight excluding hydrogens is 432 g/mol. The third-order valence-corrected chi connectivity index (χ3v) is 8.70. The van der Waals surface area contributed by atoms with Crippen molar-refractivity contribution in [2.45, 2.75) is 22.5 Å². The SMILES string of the molecule is CN(c1ccc(OCC(=O)NCC2(c3ccccc3)CC2)cc1)S(=O)(=O)c1cccs1. The summed E-state index contributed by atoms with van der Waals surface area (Å²) in [6.45, 7) is 0.511. The van der Waals surface area contributed by atoms with Gasteiger partial charge in [0, 0.05) is 19.0 Å². The molecule has 1 amide bonds. The fraction of sp³-hybridized carbons (Fsp3) is 0.261. The van der Waals surface area contributed by atoms with E-state index >= 15 is 0 Å². The number of nitrogens with zero attached hydrogens (tertiary/aromatic N) is 1. The lowest BCUT2D eigenvalue weighted by Crippen LogP contribution is -2.35. The van der Waals surface area contributed by atoms with Crippen LogP contribution < -0.4 is 14.4 Å². The average Bonchev–Trinajstić information content (AvgIpc) is 3.38. The number of amides is 1. The van der Waals surface area contributed by atoms with Crippen molar-refractivity contribution in [3.05, 3.63) is 77.7 Å². The molecule has 4 rings (SSSR count). The first-order valence-corrected chi connectivity index (χ1v) is 12.3. The monoisotopic (exact) mass is 456 g/mol. The van der Waals surface area contributed by atoms with Crippen LogP contribution in [0.4, 0.5) is 5.69 Å². The molecule has 1 aliphatic rings. The molecular formula is C23H24N2O4S2. The topological polar surface area (TPSA) is 75.7 Å². The van der Waals surface area contributed by atoms with E-state index in [0.29, 0.717) is 18.0 Å². The Morgan fingerprint density at radius 3 is 2.39 bits per heavy atom. The van der Waals surface area contributed by atoms with Crippen molar-refractivity contribution in [3.63, 3.8) is 0 Å². The van der Waals surface area contributed by atoms with E-state index < -0.39 is 10.0 Å². The predicted molar refractivity (Wildman–Crippen MR) is 122 cm³/mol. The number of thiophene rings is 1. The molecule has 1 N–H and O–H groups in total. The quantitative estimate of drug-likeness (QED) is 0.531. The summed E-state index contributed by atoms with van der Waals surface area (Å²) in [6, 6.07) is 20.2. The minimum atomic E-state index is -3.58. The van der Waals surface area contributed by atoms with Gasteiger partial charge in [-0.15, -0.1) is 11.3 Å². The van der Waals surface area contributed by atoms with Gasteiger partial charge in [-0.3, -0.25) is 9.10 Å². The van der Waals surface area contributed by atoms with Crippen LogP contribution in [0.2, 0.25) is 0 Å². The first kappa shape index (κ1) is 21.4. The second-order valence-electron chi connectivity index (χ2n) is 7.61. The van der Waals surface area contributed by atoms with Crippen molar-refractivity contribution in [2.75, 3.05) is 24.5 Å². The van der Waals surface area contributed by atoms with Gasteiger partial charge in [-0.2, -0.15) is 0 Å². The van der Waals surface area contributed by atoms with Gasteiger partial charge in [0.1, 0.15) is 9.96 Å². The molecule has 8 heteroatoms. The minimum absolute atomic E-state index is 0.0528. The van der Waals surface area contributed by atoms with E-state index in [4.69, 9.17) is 4.74 Å². The molecule has 1 aliphatic carbocycles. The fourth-order valence-electron chi connectivity index (χ4n) is 3.41. The Hall–Kier alpha value is -2.84. The molecule has 6 nitrogen and oxygen atoms in total. The number of carbonyl (C=O) groups is 1. The standard InChI is InChI=1S/C23H24N2O4S2/c1-25(31(27,28)22-8-5-15-30-22)19-9-11-20(12-10-19)29-16-21(26)24-17-23(13-14-23)18-6-3-2-4-7-18/h2-12,15H,13-14,16-17H2,1H3,(H,24,26). The van der Waals surface area contributed by atoms with E-state index in [0.717, 1.165) is 12.8 Å². The first-order valence-electron chi connectivity index (χ1n) is 9.98. The Morgan fingerprint density at radius 1 is 1.06 bits per heavy atom. The van der Waals surface area contributed by atoms with Crippen LogP contribution in [-0.2, 0) is 20.2 Å². The van der Waals surface area contributed by atoms with Gasteiger partial charge >= 0.3 is 0 Å². The summed E-state index contributed by atoms with van der Waals surface area (Å²) in [4.78, 5) is 12.2. The number of carbonyl (C=O) groups excluding carboxylic acids is 1. The maximum atomic E-state index is 12.6. The minimum Gasteiger partial charge on any atom is -0.484 e. The summed E-state index contributed by atoms with van der Waals surface area (Å²) in [7, 11) is -2.07. The van der Waals surface area contributed by atoms with E-state index in [1.54, 1.807) is 41.8 Å². The van der Waals surface area contributed by atoms with Crippen LogP contribution in [0.25, 0.3) is 0 Å². The van der Waals surface area contributed by atoms with Crippen LogP contribution in [0.3, 0.4) is 0 Å². The van der Waals surface area contributed by atoms with E-state index in [2.05, 4.69) is 17.4 Å². The van der Waals surface area contributed by atoms with Crippen LogP contribution in [0.1, 0.15) is 18.4 Å². The van der Waals surface area contributed by atoms with Gasteiger partial charge in [-0.1, -0.05) is 36.4 Å². The number of benzene rings is 2. The van der Waals surface area contributed by atoms with Crippen LogP contribution in [0.5, 0.6) is 5.75 Å². The largest absolute Gasteiger partial charge is 0.484 e. The van der Waals surface area contributed by atoms with Crippen LogP contribution in [0, 0.1) is 0 Å². The number of hydrogen-bond acceptors (Lipinski definition) is 5. The number of hydrogen-bond donors (Lipinski definition) is 1. The maximum absolute atomic E-state index is 12.6. The number of anilines is 1. The molecule has 0 unspecified atom stereocenters. The molecule has 31 heavy (non-hydrogen) atoms. The molecule has 0 saturated heterocycles. The molecule has 1 fully saturated rings. The molecule has 0 aliphatic heterocycles. The molecule has 0 bridgehead atoms. The maximum Gasteiger partial charge on any atom is 0.273 e. The predicted octanol–water partition coefficient (Wildman–Crippen LogP) is 3.80. The van der Waals surface area contributed by atoms with Crippen LogP contribution >= 0.6 is 11.3 Å². The number of sulfonamides is 1. The summed E-state index contributed by atoms with van der Waals surface area (Å²) < 4.78 is 32.3. The van der Waals surface area contributed by atoms with Crippen molar-refractivity contribution in [1.29, 1.82) is 0 Å². The third kappa shape index (κ3) is 4.75. The number of nitrogens with one attached hydrogen (secondary N) is 1. The molecule has 162 valence electrons. The van der Waals surface area contributed by atoms with Gasteiger partial charge in [0.25, 0.3) is 15.9 Å². The Balaban J connectivity index is 1.29. The van der Waals surface area contributed by atoms with Gasteiger partial charge in [0.05, 0.1) is 5.69 Å². The first-order chi connectivity index (χ1) is 14.9. The highest BCUT2D eigenvalue weighted by Crippen LogP contribution is 2.47. The summed E-state index contributed by atoms with van der Waals surface area (Å²) in [5.41, 5.74) is 1.83. The lowest BCUT2D eigenvalue weighted by atomic mass is 9.96. The third-order valence-electron chi connectivity index (χ3n) is 5.54. The zero-order valence-corrected chi connectivity index (χ0v) is 18.8. The van der Waals surface area contributed by atoms with Crippen molar-refractivity contribution < 1.29 is 17.9 Å². The summed E-state index contributed by atoms with van der Waals surface area (Å²) in [5, 5.41) is 4.70. The van der Waals surface area contributed by atoms with Gasteiger partial charge < -0.3 is 10.1 Å². The smallest absolute Gasteiger partial charge is 0.273 e. The second kappa shape index (κ2) is 8.72. The van der Waals surface area contributed by atoms with Crippen LogP contribution in [0.15, 0.2) is 76.3 Å². The highest BCUT2D eigenvalue weighted by molar-refractivity contribution is 7.94. The van der Waals surface area contributed by atoms with E-state index in [9.17, 15) is 13.2 Å². The molecule has 0 spiro atoms. The molecule has 2 aromatic carbocycles. The van der Waals surface area contributed by atoms with E-state index in [1.165, 1.54) is 28.3 Å². The zero-order chi connectivity index (χ0) is 21.9. The molecule has 3 aromatic rings. The average molecular weight is 457 g/mol. The normalized spacial score (nSPS) is 14.6. The van der Waals surface area contributed by atoms with E-state index in [-0.39, 0.29) is 22.1 Å². The molecule has 0 atom stereocenters. The number of rotatable bonds is 9. The Labute approximate surface area is 186 Å². The van der Waals surface area contributed by atoms with Gasteiger partial charge in [0.15, 0.2) is 6.61 Å². The molecule has 1 heterocycles. The lowest BCUT2D eigenvalue weighted by molar-refractivity contribution is -0.123. The summed E-state index contributed by atoms with van der Waals surface area (Å²) in [6.07, 6.45) is 2.14. The molecule has 1 saturated carbocycles. The van der Waals surface area contributed by atoms with Crippen molar-refractivity contribution in [1.82, 2.24) is 5.32 Å². The van der Waals surface area contributed by atoms with Crippen LogP contribution in [-0.4, -0.2) is 34.5 Å². The summed E-state index contributed by atoms with van der Waals surface area (Å²) >= 11 is 1.18. The molecule has 0 radical (unpaired) electrons. The van der Waals surface area contributed by atoms with Gasteiger partial charge in [-0.25, -0.2) is 8.42 Å². The van der Waals surface area contributed by atoms with E-state index in [1.807, 2.05) is 18.2 Å². The highest BCUT2D eigenvalue weighted by atomic mass is 32.2. The Morgan fingerprint density at radius 2 is 1.77 bits per heavy atom. The van der Waals surface area contributed by atoms with Crippen molar-refractivity contribution in [3.8, 4) is 5.75 Å². The fourth-order valence-corrected chi connectivity index (χ4v) is 5.77. The highest BCUT2D eigenvalue weighted by Gasteiger charge is 2.44. The lowest BCUT2D eigenvalue weighted by Gasteiger charge is -2.19. The Bertz CT molecular complexity index is 1120.